The van der Waals surface area contributed by atoms with E-state index in [-0.39, 0.29) is 11.0 Å². The van der Waals surface area contributed by atoms with Gasteiger partial charge in [0.2, 0.25) is 0 Å². The first-order chi connectivity index (χ1) is 13.0. The number of rotatable bonds is 5. The number of carbonyl (C=O) groups is 1. The third-order valence-corrected chi connectivity index (χ3v) is 5.39. The summed E-state index contributed by atoms with van der Waals surface area (Å²) < 4.78 is 6.00. The molecule has 0 spiro atoms. The van der Waals surface area contributed by atoms with Crippen molar-refractivity contribution in [3.05, 3.63) is 65.7 Å². The molecule has 6 nitrogen and oxygen atoms in total. The summed E-state index contributed by atoms with van der Waals surface area (Å²) in [5.41, 5.74) is 2.09. The van der Waals surface area contributed by atoms with Gasteiger partial charge in [0.1, 0.15) is 11.5 Å². The first kappa shape index (κ1) is 17.5. The van der Waals surface area contributed by atoms with E-state index in [1.54, 1.807) is 24.4 Å². The van der Waals surface area contributed by atoms with Crippen LogP contribution < -0.4 is 0 Å². The van der Waals surface area contributed by atoms with Gasteiger partial charge < -0.3 is 9.52 Å². The third-order valence-electron chi connectivity index (χ3n) is 5.39. The van der Waals surface area contributed by atoms with Crippen LogP contribution in [0.4, 0.5) is 0 Å². The van der Waals surface area contributed by atoms with Gasteiger partial charge in [-0.1, -0.05) is 25.1 Å². The molecule has 1 unspecified atom stereocenters. The summed E-state index contributed by atoms with van der Waals surface area (Å²) in [6.07, 6.45) is 4.05. The van der Waals surface area contributed by atoms with Gasteiger partial charge in [0.25, 0.3) is 0 Å². The molecule has 140 valence electrons. The Morgan fingerprint density at radius 3 is 2.93 bits per heavy atom. The highest BCUT2D eigenvalue weighted by atomic mass is 16.4. The molecule has 1 fully saturated rings. The number of carboxylic acid groups (broad SMARTS) is 1. The molecule has 1 saturated heterocycles. The fourth-order valence-electron chi connectivity index (χ4n) is 4.00. The minimum atomic E-state index is -0.949. The van der Waals surface area contributed by atoms with Crippen LogP contribution in [0.25, 0.3) is 11.3 Å². The summed E-state index contributed by atoms with van der Waals surface area (Å²) in [7, 11) is 0. The number of piperidine rings is 1. The summed E-state index contributed by atoms with van der Waals surface area (Å²) in [6.45, 7) is 4.92. The van der Waals surface area contributed by atoms with Gasteiger partial charge in [-0.15, -0.1) is 0 Å². The first-order valence-corrected chi connectivity index (χ1v) is 9.19. The Labute approximate surface area is 157 Å². The number of furan rings is 1. The van der Waals surface area contributed by atoms with Crippen molar-refractivity contribution in [2.45, 2.75) is 31.7 Å². The Morgan fingerprint density at radius 1 is 1.30 bits per heavy atom. The van der Waals surface area contributed by atoms with Crippen LogP contribution in [0, 0.1) is 0 Å². The lowest BCUT2D eigenvalue weighted by Gasteiger charge is -2.39. The van der Waals surface area contributed by atoms with Gasteiger partial charge in [0.05, 0.1) is 12.1 Å². The standard InChI is InChI=1S/C21H23N3O3/c1-21(19-9-11-22-23-19)10-4-12-24(14-21)13-15-7-8-18(27-15)16-5-2-3-6-17(16)20(25)26/h2-3,5-9,11H,4,10,12-14H2,1H3,(H,22,23)(H,25,26). The second-order valence-electron chi connectivity index (χ2n) is 7.46. The minimum absolute atomic E-state index is 0.0556. The van der Waals surface area contributed by atoms with Gasteiger partial charge >= 0.3 is 5.97 Å². The van der Waals surface area contributed by atoms with E-state index < -0.39 is 5.97 Å². The van der Waals surface area contributed by atoms with Crippen LogP contribution >= 0.6 is 0 Å². The SMILES string of the molecule is CC1(c2ccn[nH]2)CCCN(Cc2ccc(-c3ccccc3C(=O)O)o2)C1. The summed E-state index contributed by atoms with van der Waals surface area (Å²) in [5.74, 6) is 0.491. The molecule has 6 heteroatoms. The van der Waals surface area contributed by atoms with Crippen molar-refractivity contribution in [3.8, 4) is 11.3 Å². The number of aromatic nitrogens is 2. The molecule has 27 heavy (non-hydrogen) atoms. The maximum absolute atomic E-state index is 11.4. The van der Waals surface area contributed by atoms with Crippen LogP contribution in [0.2, 0.25) is 0 Å². The van der Waals surface area contributed by atoms with Gasteiger partial charge in [0, 0.05) is 29.4 Å². The summed E-state index contributed by atoms with van der Waals surface area (Å²) in [4.78, 5) is 13.8. The van der Waals surface area contributed by atoms with E-state index in [1.807, 2.05) is 18.2 Å². The van der Waals surface area contributed by atoms with Crippen LogP contribution in [-0.4, -0.2) is 39.3 Å². The van der Waals surface area contributed by atoms with E-state index in [1.165, 1.54) is 5.69 Å². The summed E-state index contributed by atoms with van der Waals surface area (Å²) >= 11 is 0. The third kappa shape index (κ3) is 3.53. The van der Waals surface area contributed by atoms with Crippen molar-refractivity contribution in [1.29, 1.82) is 0 Å². The molecule has 0 aliphatic carbocycles. The predicted molar refractivity (Wildman–Crippen MR) is 102 cm³/mol. The number of benzene rings is 1. The molecule has 0 saturated carbocycles. The van der Waals surface area contributed by atoms with E-state index in [4.69, 9.17) is 4.42 Å². The predicted octanol–water partition coefficient (Wildman–Crippen LogP) is 3.92. The van der Waals surface area contributed by atoms with Crippen LogP contribution in [0.3, 0.4) is 0 Å². The van der Waals surface area contributed by atoms with Gasteiger partial charge in [-0.05, 0) is 43.7 Å². The molecule has 1 aliphatic heterocycles. The van der Waals surface area contributed by atoms with Gasteiger partial charge in [-0.25, -0.2) is 4.79 Å². The lowest BCUT2D eigenvalue weighted by Crippen LogP contribution is -2.44. The molecule has 1 atom stereocenters. The largest absolute Gasteiger partial charge is 0.478 e. The monoisotopic (exact) mass is 365 g/mol. The van der Waals surface area contributed by atoms with E-state index in [0.29, 0.717) is 17.9 Å². The van der Waals surface area contributed by atoms with E-state index >= 15 is 0 Å². The molecule has 3 aromatic rings. The molecular formula is C21H23N3O3. The zero-order valence-electron chi connectivity index (χ0n) is 15.3. The fourth-order valence-corrected chi connectivity index (χ4v) is 4.00. The number of H-pyrrole nitrogens is 1. The molecule has 2 N–H and O–H groups in total. The minimum Gasteiger partial charge on any atom is -0.478 e. The lowest BCUT2D eigenvalue weighted by atomic mass is 9.79. The molecule has 0 amide bonds. The van der Waals surface area contributed by atoms with Crippen molar-refractivity contribution < 1.29 is 14.3 Å². The topological polar surface area (TPSA) is 82.4 Å². The van der Waals surface area contributed by atoms with Crippen molar-refractivity contribution in [2.24, 2.45) is 0 Å². The smallest absolute Gasteiger partial charge is 0.336 e. The molecule has 0 bridgehead atoms. The first-order valence-electron chi connectivity index (χ1n) is 9.19. The lowest BCUT2D eigenvalue weighted by molar-refractivity contribution is 0.0697. The Hall–Kier alpha value is -2.86. The Kier molecular flexibility index (Phi) is 4.58. The quantitative estimate of drug-likeness (QED) is 0.716. The molecule has 1 aromatic carbocycles. The zero-order valence-corrected chi connectivity index (χ0v) is 15.3. The van der Waals surface area contributed by atoms with Crippen LogP contribution in [0.15, 0.2) is 53.1 Å². The molecule has 4 rings (SSSR count). The molecule has 2 aromatic heterocycles. The van der Waals surface area contributed by atoms with Crippen LogP contribution in [0.5, 0.6) is 0 Å². The highest BCUT2D eigenvalue weighted by molar-refractivity contribution is 5.95. The maximum Gasteiger partial charge on any atom is 0.336 e. The van der Waals surface area contributed by atoms with Crippen molar-refractivity contribution in [2.75, 3.05) is 13.1 Å². The Morgan fingerprint density at radius 2 is 2.15 bits per heavy atom. The number of hydrogen-bond acceptors (Lipinski definition) is 4. The molecule has 1 aliphatic rings. The number of hydrogen-bond donors (Lipinski definition) is 2. The van der Waals surface area contributed by atoms with Crippen molar-refractivity contribution >= 4 is 5.97 Å². The van der Waals surface area contributed by atoms with Crippen LogP contribution in [0.1, 0.15) is 41.6 Å². The summed E-state index contributed by atoms with van der Waals surface area (Å²) in [5, 5.41) is 16.6. The normalized spacial score (nSPS) is 20.6. The van der Waals surface area contributed by atoms with Gasteiger partial charge in [-0.2, -0.15) is 5.10 Å². The highest BCUT2D eigenvalue weighted by Crippen LogP contribution is 2.33. The average molecular weight is 365 g/mol. The number of aromatic carboxylic acids is 1. The number of carboxylic acids is 1. The summed E-state index contributed by atoms with van der Waals surface area (Å²) in [6, 6.07) is 12.8. The van der Waals surface area contributed by atoms with E-state index in [2.05, 4.69) is 28.1 Å². The molecule has 3 heterocycles. The Balaban J connectivity index is 1.51. The number of nitrogens with one attached hydrogen (secondary N) is 1. The fraction of sp³-hybridized carbons (Fsp3) is 0.333. The Bertz CT molecular complexity index is 932. The zero-order chi connectivity index (χ0) is 18.9. The second-order valence-corrected chi connectivity index (χ2v) is 7.46. The average Bonchev–Trinajstić information content (AvgIpc) is 3.34. The van der Waals surface area contributed by atoms with E-state index in [0.717, 1.165) is 31.7 Å². The van der Waals surface area contributed by atoms with Crippen LogP contribution in [-0.2, 0) is 12.0 Å². The number of nitrogens with zero attached hydrogens (tertiary/aromatic N) is 2. The maximum atomic E-state index is 11.4. The molecular weight excluding hydrogens is 342 g/mol. The number of likely N-dealkylation sites (tertiary alicyclic amines) is 1. The van der Waals surface area contributed by atoms with Gasteiger partial charge in [0.15, 0.2) is 0 Å². The number of aromatic amines is 1. The second kappa shape index (κ2) is 7.04. The van der Waals surface area contributed by atoms with Gasteiger partial charge in [-0.3, -0.25) is 10.00 Å². The van der Waals surface area contributed by atoms with Crippen molar-refractivity contribution in [3.63, 3.8) is 0 Å². The van der Waals surface area contributed by atoms with E-state index in [9.17, 15) is 9.90 Å². The highest BCUT2D eigenvalue weighted by Gasteiger charge is 2.34. The van der Waals surface area contributed by atoms with Crippen molar-refractivity contribution in [1.82, 2.24) is 15.1 Å². The molecule has 0 radical (unpaired) electrons.